The van der Waals surface area contributed by atoms with Crippen molar-refractivity contribution in [2.45, 2.75) is 19.0 Å². The molecule has 0 unspecified atom stereocenters. The zero-order chi connectivity index (χ0) is 20.2. The second-order valence-electron chi connectivity index (χ2n) is 6.34. The Kier molecular flexibility index (Phi) is 5.34. The third-order valence-corrected chi connectivity index (χ3v) is 5.11. The second-order valence-corrected chi connectivity index (χ2v) is 7.28. The van der Waals surface area contributed by atoms with E-state index in [0.29, 0.717) is 10.8 Å². The molecule has 2 heterocycles. The maximum absolute atomic E-state index is 12.4. The van der Waals surface area contributed by atoms with Crippen molar-refractivity contribution in [2.24, 2.45) is 0 Å². The Labute approximate surface area is 171 Å². The van der Waals surface area contributed by atoms with Crippen LogP contribution in [0.25, 0.3) is 11.4 Å². The fourth-order valence-electron chi connectivity index (χ4n) is 2.73. The summed E-state index contributed by atoms with van der Waals surface area (Å²) in [6.07, 6.45) is 1.51. The van der Waals surface area contributed by atoms with Crippen molar-refractivity contribution in [3.63, 3.8) is 0 Å². The van der Waals surface area contributed by atoms with E-state index in [4.69, 9.17) is 0 Å². The van der Waals surface area contributed by atoms with Gasteiger partial charge < -0.3 is 5.32 Å². The number of aryl methyl sites for hydroxylation is 2. The standard InChI is InChI=1S/C19H18N8OS/c1-13-3-7-17(8-4-13)27-14(2)22-23-19(27)29-11-18(28)21-15-5-9-16(10-6-15)26-12-20-24-25-26/h3-10,12H,11H2,1-2H3,(H,21,28). The highest BCUT2D eigenvalue weighted by atomic mass is 32.2. The first-order valence-corrected chi connectivity index (χ1v) is 9.84. The Morgan fingerprint density at radius 2 is 1.72 bits per heavy atom. The third kappa shape index (κ3) is 4.32. The number of nitrogens with zero attached hydrogens (tertiary/aromatic N) is 7. The van der Waals surface area contributed by atoms with Crippen LogP contribution >= 0.6 is 11.8 Å². The zero-order valence-corrected chi connectivity index (χ0v) is 16.7. The molecule has 0 saturated heterocycles. The van der Waals surface area contributed by atoms with Gasteiger partial charge >= 0.3 is 0 Å². The topological polar surface area (TPSA) is 103 Å². The average Bonchev–Trinajstić information content (AvgIpc) is 3.38. The molecule has 0 bridgehead atoms. The number of tetrazole rings is 1. The van der Waals surface area contributed by atoms with E-state index in [1.54, 1.807) is 16.8 Å². The highest BCUT2D eigenvalue weighted by Crippen LogP contribution is 2.22. The fraction of sp³-hybridized carbons (Fsp3) is 0.158. The Morgan fingerprint density at radius 1 is 1.00 bits per heavy atom. The van der Waals surface area contributed by atoms with Crippen LogP contribution in [-0.2, 0) is 4.79 Å². The van der Waals surface area contributed by atoms with Crippen molar-refractivity contribution in [3.8, 4) is 11.4 Å². The van der Waals surface area contributed by atoms with Gasteiger partial charge in [-0.3, -0.25) is 9.36 Å². The van der Waals surface area contributed by atoms with Crippen LogP contribution in [0.15, 0.2) is 60.0 Å². The van der Waals surface area contributed by atoms with Crippen molar-refractivity contribution in [2.75, 3.05) is 11.1 Å². The molecule has 0 saturated carbocycles. The Morgan fingerprint density at radius 3 is 2.41 bits per heavy atom. The average molecular weight is 406 g/mol. The molecule has 2 aromatic carbocycles. The van der Waals surface area contributed by atoms with Gasteiger partial charge in [0.05, 0.1) is 11.4 Å². The molecule has 10 heteroatoms. The number of carbonyl (C=O) groups excluding carboxylic acids is 1. The van der Waals surface area contributed by atoms with Crippen LogP contribution in [0.3, 0.4) is 0 Å². The van der Waals surface area contributed by atoms with Gasteiger partial charge in [-0.25, -0.2) is 4.68 Å². The van der Waals surface area contributed by atoms with E-state index in [9.17, 15) is 4.79 Å². The number of aromatic nitrogens is 7. The summed E-state index contributed by atoms with van der Waals surface area (Å²) in [4.78, 5) is 12.4. The molecule has 0 aliphatic carbocycles. The van der Waals surface area contributed by atoms with Crippen LogP contribution in [0.1, 0.15) is 11.4 Å². The summed E-state index contributed by atoms with van der Waals surface area (Å²) < 4.78 is 3.49. The first-order chi connectivity index (χ1) is 14.1. The lowest BCUT2D eigenvalue weighted by atomic mass is 10.2. The number of nitrogens with one attached hydrogen (secondary N) is 1. The number of thioether (sulfide) groups is 1. The maximum Gasteiger partial charge on any atom is 0.234 e. The maximum atomic E-state index is 12.4. The minimum atomic E-state index is -0.124. The van der Waals surface area contributed by atoms with Crippen LogP contribution in [0.2, 0.25) is 0 Å². The van der Waals surface area contributed by atoms with Gasteiger partial charge in [-0.15, -0.1) is 15.3 Å². The Bertz CT molecular complexity index is 1100. The van der Waals surface area contributed by atoms with E-state index in [1.807, 2.05) is 54.8 Å². The van der Waals surface area contributed by atoms with Crippen LogP contribution in [0, 0.1) is 13.8 Å². The van der Waals surface area contributed by atoms with Crippen molar-refractivity contribution >= 4 is 23.4 Å². The zero-order valence-electron chi connectivity index (χ0n) is 15.9. The third-order valence-electron chi connectivity index (χ3n) is 4.18. The largest absolute Gasteiger partial charge is 0.325 e. The number of benzene rings is 2. The van der Waals surface area contributed by atoms with Gasteiger partial charge in [-0.05, 0) is 60.7 Å². The predicted molar refractivity (Wildman–Crippen MR) is 109 cm³/mol. The summed E-state index contributed by atoms with van der Waals surface area (Å²) >= 11 is 1.34. The monoisotopic (exact) mass is 406 g/mol. The molecule has 1 N–H and O–H groups in total. The van der Waals surface area contributed by atoms with Crippen molar-refractivity contribution < 1.29 is 4.79 Å². The minimum Gasteiger partial charge on any atom is -0.325 e. The summed E-state index contributed by atoms with van der Waals surface area (Å²) in [6, 6.07) is 15.4. The molecule has 29 heavy (non-hydrogen) atoms. The summed E-state index contributed by atoms with van der Waals surface area (Å²) in [5.41, 5.74) is 3.66. The van der Waals surface area contributed by atoms with Gasteiger partial charge in [0.1, 0.15) is 12.2 Å². The summed E-state index contributed by atoms with van der Waals surface area (Å²) in [5.74, 6) is 0.870. The number of hydrogen-bond donors (Lipinski definition) is 1. The fourth-order valence-corrected chi connectivity index (χ4v) is 3.53. The van der Waals surface area contributed by atoms with Crippen molar-refractivity contribution in [1.29, 1.82) is 0 Å². The number of carbonyl (C=O) groups is 1. The van der Waals surface area contributed by atoms with Gasteiger partial charge in [-0.1, -0.05) is 29.5 Å². The molecule has 1 amide bonds. The Hall–Kier alpha value is -3.53. The van der Waals surface area contributed by atoms with E-state index in [2.05, 4.69) is 31.0 Å². The summed E-state index contributed by atoms with van der Waals surface area (Å²) in [5, 5.41) is 23.0. The van der Waals surface area contributed by atoms with Gasteiger partial charge in [0.2, 0.25) is 5.91 Å². The van der Waals surface area contributed by atoms with Crippen LogP contribution in [0.4, 0.5) is 5.69 Å². The number of amides is 1. The quantitative estimate of drug-likeness (QED) is 0.491. The molecule has 0 aliphatic heterocycles. The molecule has 9 nitrogen and oxygen atoms in total. The van der Waals surface area contributed by atoms with Crippen molar-refractivity contribution in [3.05, 3.63) is 66.2 Å². The molecule has 0 spiro atoms. The lowest BCUT2D eigenvalue weighted by Gasteiger charge is -2.09. The molecular formula is C19H18N8OS. The van der Waals surface area contributed by atoms with Crippen LogP contribution in [0.5, 0.6) is 0 Å². The van der Waals surface area contributed by atoms with Gasteiger partial charge in [-0.2, -0.15) is 0 Å². The molecule has 0 fully saturated rings. The van der Waals surface area contributed by atoms with Crippen molar-refractivity contribution in [1.82, 2.24) is 35.0 Å². The van der Waals surface area contributed by atoms with E-state index in [-0.39, 0.29) is 11.7 Å². The molecule has 0 aliphatic rings. The van der Waals surface area contributed by atoms with Gasteiger partial charge in [0.15, 0.2) is 5.16 Å². The lowest BCUT2D eigenvalue weighted by Crippen LogP contribution is -2.14. The highest BCUT2D eigenvalue weighted by Gasteiger charge is 2.13. The first kappa shape index (κ1) is 18.8. The summed E-state index contributed by atoms with van der Waals surface area (Å²) in [6.45, 7) is 3.93. The number of hydrogen-bond acceptors (Lipinski definition) is 7. The minimum absolute atomic E-state index is 0.124. The van der Waals surface area contributed by atoms with E-state index in [0.717, 1.165) is 17.2 Å². The molecular weight excluding hydrogens is 388 g/mol. The molecule has 0 atom stereocenters. The molecule has 4 aromatic rings. The van der Waals surface area contributed by atoms with Crippen LogP contribution in [-0.4, -0.2) is 46.6 Å². The summed E-state index contributed by atoms with van der Waals surface area (Å²) in [7, 11) is 0. The highest BCUT2D eigenvalue weighted by molar-refractivity contribution is 7.99. The molecule has 4 rings (SSSR count). The molecule has 2 aromatic heterocycles. The molecule has 0 radical (unpaired) electrons. The van der Waals surface area contributed by atoms with E-state index in [1.165, 1.54) is 23.7 Å². The second kappa shape index (κ2) is 8.23. The number of anilines is 1. The Balaban J connectivity index is 1.40. The number of rotatable bonds is 6. The van der Waals surface area contributed by atoms with Crippen LogP contribution < -0.4 is 5.32 Å². The van der Waals surface area contributed by atoms with Gasteiger partial charge in [0.25, 0.3) is 0 Å². The predicted octanol–water partition coefficient (Wildman–Crippen LogP) is 2.59. The van der Waals surface area contributed by atoms with Gasteiger partial charge in [0, 0.05) is 11.4 Å². The SMILES string of the molecule is Cc1ccc(-n2c(C)nnc2SCC(=O)Nc2ccc(-n3cnnn3)cc2)cc1. The van der Waals surface area contributed by atoms with E-state index < -0.39 is 0 Å². The normalized spacial score (nSPS) is 10.8. The smallest absolute Gasteiger partial charge is 0.234 e. The van der Waals surface area contributed by atoms with E-state index >= 15 is 0 Å². The lowest BCUT2D eigenvalue weighted by molar-refractivity contribution is -0.113. The first-order valence-electron chi connectivity index (χ1n) is 8.85. The molecule has 146 valence electrons.